The van der Waals surface area contributed by atoms with Crippen molar-refractivity contribution >= 4 is 28.0 Å². The van der Waals surface area contributed by atoms with E-state index in [-0.39, 0.29) is 6.04 Å². The Morgan fingerprint density at radius 3 is 2.59 bits per heavy atom. The molecule has 5 heterocycles. The Hall–Kier alpha value is -4.11. The van der Waals surface area contributed by atoms with E-state index < -0.39 is 5.97 Å². The number of pyridine rings is 2. The third-order valence-electron chi connectivity index (χ3n) is 7.30. The summed E-state index contributed by atoms with van der Waals surface area (Å²) in [7, 11) is 3.26. The van der Waals surface area contributed by atoms with Crippen molar-refractivity contribution in [2.45, 2.75) is 25.8 Å². The zero-order valence-electron chi connectivity index (χ0n) is 21.1. The van der Waals surface area contributed by atoms with Crippen LogP contribution in [0.15, 0.2) is 54.9 Å². The van der Waals surface area contributed by atoms with Crippen LogP contribution in [0.4, 0.5) is 0 Å². The molecule has 9 nitrogen and oxygen atoms in total. The van der Waals surface area contributed by atoms with E-state index in [0.717, 1.165) is 65.1 Å². The highest BCUT2D eigenvalue weighted by atomic mass is 16.5. The Labute approximate surface area is 214 Å². The van der Waals surface area contributed by atoms with E-state index >= 15 is 0 Å². The number of aromatic nitrogens is 6. The number of ether oxygens (including phenoxy) is 2. The second-order valence-electron chi connectivity index (χ2n) is 9.50. The number of carbonyl (C=O) groups is 1. The Balaban J connectivity index is 1.67. The minimum atomic E-state index is -0.424. The Bertz CT molecular complexity index is 1580. The first-order valence-electron chi connectivity index (χ1n) is 12.4. The van der Waals surface area contributed by atoms with Crippen molar-refractivity contribution in [3.05, 3.63) is 71.7 Å². The fourth-order valence-electron chi connectivity index (χ4n) is 5.59. The van der Waals surface area contributed by atoms with Crippen LogP contribution in [-0.2, 0) is 16.5 Å². The van der Waals surface area contributed by atoms with E-state index in [0.29, 0.717) is 11.5 Å². The second kappa shape index (κ2) is 9.40. The molecule has 0 aliphatic carbocycles. The van der Waals surface area contributed by atoms with Crippen molar-refractivity contribution in [3.63, 3.8) is 0 Å². The van der Waals surface area contributed by atoms with Gasteiger partial charge in [-0.25, -0.2) is 14.5 Å². The number of fused-ring (bicyclic) bond motifs is 3. The van der Waals surface area contributed by atoms with Gasteiger partial charge in [0.15, 0.2) is 0 Å². The summed E-state index contributed by atoms with van der Waals surface area (Å²) >= 11 is 0. The molecule has 0 spiro atoms. The van der Waals surface area contributed by atoms with Crippen molar-refractivity contribution in [1.82, 2.24) is 29.5 Å². The topological polar surface area (TPSA) is 97.0 Å². The van der Waals surface area contributed by atoms with Crippen LogP contribution in [-0.4, -0.2) is 55.8 Å². The van der Waals surface area contributed by atoms with Gasteiger partial charge in [-0.2, -0.15) is 0 Å². The van der Waals surface area contributed by atoms with Gasteiger partial charge in [-0.05, 0) is 43.4 Å². The van der Waals surface area contributed by atoms with E-state index in [1.165, 1.54) is 12.7 Å². The van der Waals surface area contributed by atoms with Crippen molar-refractivity contribution < 1.29 is 14.3 Å². The summed E-state index contributed by atoms with van der Waals surface area (Å²) in [5.41, 5.74) is 6.80. The number of rotatable bonds is 5. The van der Waals surface area contributed by atoms with E-state index in [4.69, 9.17) is 19.4 Å². The molecule has 9 heteroatoms. The largest absolute Gasteiger partial charge is 0.465 e. The van der Waals surface area contributed by atoms with E-state index in [1.807, 2.05) is 32.3 Å². The third kappa shape index (κ3) is 3.95. The van der Waals surface area contributed by atoms with Crippen LogP contribution >= 0.6 is 0 Å². The summed E-state index contributed by atoms with van der Waals surface area (Å²) in [5.74, 6) is -0.0756. The molecule has 1 aliphatic rings. The summed E-state index contributed by atoms with van der Waals surface area (Å²) in [4.78, 5) is 22.1. The lowest BCUT2D eigenvalue weighted by molar-refractivity contribution is 0.0552. The average molecular weight is 497 g/mol. The van der Waals surface area contributed by atoms with Crippen LogP contribution in [0, 0.1) is 12.8 Å². The van der Waals surface area contributed by atoms with Crippen molar-refractivity contribution in [2.75, 3.05) is 20.3 Å². The lowest BCUT2D eigenvalue weighted by Gasteiger charge is -2.32. The van der Waals surface area contributed by atoms with Gasteiger partial charge in [0.05, 0.1) is 41.1 Å². The highest BCUT2D eigenvalue weighted by molar-refractivity contribution is 6.07. The summed E-state index contributed by atoms with van der Waals surface area (Å²) in [6, 6.07) is 14.5. The first-order valence-corrected chi connectivity index (χ1v) is 12.4. The lowest BCUT2D eigenvalue weighted by Crippen LogP contribution is -2.27. The monoisotopic (exact) mass is 496 g/mol. The Morgan fingerprint density at radius 1 is 1.11 bits per heavy atom. The Morgan fingerprint density at radius 2 is 1.89 bits per heavy atom. The summed E-state index contributed by atoms with van der Waals surface area (Å²) in [6.45, 7) is 3.41. The molecule has 1 atom stereocenters. The first kappa shape index (κ1) is 23.3. The molecule has 0 radical (unpaired) electrons. The quantitative estimate of drug-likeness (QED) is 0.331. The number of benzene rings is 1. The number of hydrogen-bond donors (Lipinski definition) is 0. The predicted octanol–water partition coefficient (Wildman–Crippen LogP) is 4.49. The standard InChI is InChI=1S/C28H28N6O3/c1-17-25(33(2)32-31-17)20-14-23-24(29-15-20)22-13-21(28(35)36-3)16-30-27(22)34(23)26(18-7-5-4-6-8-18)19-9-11-37-12-10-19/h4-8,13-16,19,26H,9-12H2,1-3H3/t26-/m1/s1. The third-order valence-corrected chi connectivity index (χ3v) is 7.30. The zero-order chi connectivity index (χ0) is 25.5. The molecule has 5 aromatic rings. The summed E-state index contributed by atoms with van der Waals surface area (Å²) < 4.78 is 14.8. The van der Waals surface area contributed by atoms with E-state index in [1.54, 1.807) is 10.9 Å². The summed E-state index contributed by atoms with van der Waals surface area (Å²) in [5, 5.41) is 9.24. The van der Waals surface area contributed by atoms with Crippen LogP contribution in [0.3, 0.4) is 0 Å². The van der Waals surface area contributed by atoms with E-state index in [9.17, 15) is 4.79 Å². The van der Waals surface area contributed by atoms with Gasteiger partial charge in [0.2, 0.25) is 0 Å². The highest BCUT2D eigenvalue weighted by Gasteiger charge is 2.31. The molecule has 0 unspecified atom stereocenters. The number of esters is 1. The predicted molar refractivity (Wildman–Crippen MR) is 139 cm³/mol. The normalized spacial score (nSPS) is 15.3. The lowest BCUT2D eigenvalue weighted by atomic mass is 9.86. The minimum Gasteiger partial charge on any atom is -0.465 e. The van der Waals surface area contributed by atoms with Gasteiger partial charge < -0.3 is 14.0 Å². The molecule has 188 valence electrons. The van der Waals surface area contributed by atoms with Crippen molar-refractivity contribution in [1.29, 1.82) is 0 Å². The molecule has 0 bridgehead atoms. The minimum absolute atomic E-state index is 0.0179. The van der Waals surface area contributed by atoms with Gasteiger partial charge >= 0.3 is 5.97 Å². The zero-order valence-corrected chi connectivity index (χ0v) is 21.1. The molecule has 0 amide bonds. The van der Waals surface area contributed by atoms with Crippen LogP contribution in [0.5, 0.6) is 0 Å². The molecular weight excluding hydrogens is 468 g/mol. The Kier molecular flexibility index (Phi) is 5.92. The van der Waals surface area contributed by atoms with Gasteiger partial charge in [0, 0.05) is 43.6 Å². The second-order valence-corrected chi connectivity index (χ2v) is 9.50. The fourth-order valence-corrected chi connectivity index (χ4v) is 5.59. The average Bonchev–Trinajstić information content (AvgIpc) is 3.45. The van der Waals surface area contributed by atoms with Crippen LogP contribution in [0.2, 0.25) is 0 Å². The smallest absolute Gasteiger partial charge is 0.339 e. The molecule has 4 aromatic heterocycles. The maximum absolute atomic E-state index is 12.4. The highest BCUT2D eigenvalue weighted by Crippen LogP contribution is 2.40. The van der Waals surface area contributed by atoms with E-state index in [2.05, 4.69) is 45.2 Å². The maximum atomic E-state index is 12.4. The molecule has 0 saturated carbocycles. The van der Waals surface area contributed by atoms with Crippen molar-refractivity contribution in [3.8, 4) is 11.3 Å². The van der Waals surface area contributed by atoms with Crippen LogP contribution in [0.1, 0.15) is 40.5 Å². The SMILES string of the molecule is COC(=O)c1cnc2c(c1)c1ncc(-c3c(C)nnn3C)cc1n2[C@H](c1ccccc1)C1CCOCC1. The molecule has 6 rings (SSSR count). The molecule has 1 aromatic carbocycles. The number of nitrogens with zero attached hydrogens (tertiary/aromatic N) is 6. The van der Waals surface area contributed by atoms with Crippen molar-refractivity contribution in [2.24, 2.45) is 13.0 Å². The van der Waals surface area contributed by atoms with Gasteiger partial charge in [-0.3, -0.25) is 4.98 Å². The molecule has 0 N–H and O–H groups in total. The molecule has 1 saturated heterocycles. The number of carbonyl (C=O) groups excluding carboxylic acids is 1. The first-order chi connectivity index (χ1) is 18.1. The fraction of sp³-hybridized carbons (Fsp3) is 0.321. The van der Waals surface area contributed by atoms with Gasteiger partial charge in [0.1, 0.15) is 5.65 Å². The maximum Gasteiger partial charge on any atom is 0.339 e. The van der Waals surface area contributed by atoms with Crippen LogP contribution in [0.25, 0.3) is 33.3 Å². The van der Waals surface area contributed by atoms with Gasteiger partial charge in [0.25, 0.3) is 0 Å². The van der Waals surface area contributed by atoms with Gasteiger partial charge in [-0.15, -0.1) is 5.10 Å². The molecular formula is C28H28N6O3. The number of hydrogen-bond acceptors (Lipinski definition) is 7. The molecule has 1 fully saturated rings. The van der Waals surface area contributed by atoms with Crippen LogP contribution < -0.4 is 0 Å². The molecule has 1 aliphatic heterocycles. The number of aryl methyl sites for hydroxylation is 2. The molecule has 37 heavy (non-hydrogen) atoms. The number of methoxy groups -OCH3 is 1. The van der Waals surface area contributed by atoms with Gasteiger partial charge in [-0.1, -0.05) is 35.5 Å². The summed E-state index contributed by atoms with van der Waals surface area (Å²) in [6.07, 6.45) is 5.32.